The average molecular weight is 715 g/mol. The van der Waals surface area contributed by atoms with Crippen LogP contribution < -0.4 is 9.47 Å². The summed E-state index contributed by atoms with van der Waals surface area (Å²) < 4.78 is 23.0. The van der Waals surface area contributed by atoms with E-state index in [1.54, 1.807) is 18.2 Å². The Morgan fingerprint density at radius 2 is 1.35 bits per heavy atom. The third-order valence-corrected chi connectivity index (χ3v) is 10.3. The molecule has 0 bridgehead atoms. The second kappa shape index (κ2) is 12.1. The molecule has 2 fully saturated rings. The first-order valence-corrected chi connectivity index (χ1v) is 16.4. The molecular formula is C38H34O14. The molecule has 0 aromatic heterocycles. The summed E-state index contributed by atoms with van der Waals surface area (Å²) in [6.07, 6.45) is -3.43. The molecule has 4 aliphatic rings. The number of hydrogen-bond donors (Lipinski definition) is 6. The first-order valence-electron chi connectivity index (χ1n) is 16.4. The molecule has 270 valence electrons. The Balaban J connectivity index is 1.41. The van der Waals surface area contributed by atoms with Crippen molar-refractivity contribution in [2.24, 2.45) is 0 Å². The molecule has 0 amide bonds. The van der Waals surface area contributed by atoms with E-state index in [2.05, 4.69) is 0 Å². The number of phenols is 2. The number of phenolic OH excluding ortho intramolecular Hbond substituents is 2. The number of fused-ring (bicyclic) bond motifs is 4. The van der Waals surface area contributed by atoms with Crippen LogP contribution in [-0.4, -0.2) is 91.3 Å². The Kier molecular flexibility index (Phi) is 8.07. The van der Waals surface area contributed by atoms with Gasteiger partial charge in [-0.1, -0.05) is 18.2 Å². The zero-order valence-electron chi connectivity index (χ0n) is 28.2. The van der Waals surface area contributed by atoms with E-state index >= 15 is 0 Å². The van der Waals surface area contributed by atoms with Crippen molar-refractivity contribution in [1.82, 2.24) is 0 Å². The van der Waals surface area contributed by atoms with E-state index in [-0.39, 0.29) is 70.6 Å². The number of aliphatic hydroxyl groups is 4. The molecule has 2 saturated carbocycles. The van der Waals surface area contributed by atoms with Gasteiger partial charge in [-0.05, 0) is 62.1 Å². The average Bonchev–Trinajstić information content (AvgIpc) is 3.11. The van der Waals surface area contributed by atoms with Crippen LogP contribution in [0.15, 0.2) is 53.6 Å². The third-order valence-electron chi connectivity index (χ3n) is 10.3. The SMILES string of the molecule is COC(=O)[C@@]12Oc3cc(C)c(-c4c(C)cc5c(c4O)C(O)=C4C(=O)CC[C@@H](O)[C@]4(CO)O5)c(O)c3C(O)=C1C(=O)CC[C@H]2OC(=O)c1ccccc1. The van der Waals surface area contributed by atoms with Crippen LogP contribution in [0, 0.1) is 13.8 Å². The van der Waals surface area contributed by atoms with E-state index in [1.807, 2.05) is 0 Å². The van der Waals surface area contributed by atoms with E-state index in [9.17, 15) is 49.8 Å². The lowest BCUT2D eigenvalue weighted by Gasteiger charge is -2.44. The maximum absolute atomic E-state index is 13.6. The fourth-order valence-corrected chi connectivity index (χ4v) is 7.83. The number of esters is 2. The quantitative estimate of drug-likeness (QED) is 0.208. The monoisotopic (exact) mass is 714 g/mol. The van der Waals surface area contributed by atoms with E-state index in [4.69, 9.17) is 18.9 Å². The second-order valence-corrected chi connectivity index (χ2v) is 13.2. The van der Waals surface area contributed by atoms with Gasteiger partial charge in [-0.3, -0.25) is 9.59 Å². The van der Waals surface area contributed by atoms with Crippen LogP contribution >= 0.6 is 0 Å². The highest BCUT2D eigenvalue weighted by atomic mass is 16.6. The van der Waals surface area contributed by atoms with Crippen LogP contribution in [0.4, 0.5) is 0 Å². The van der Waals surface area contributed by atoms with Gasteiger partial charge in [-0.15, -0.1) is 0 Å². The largest absolute Gasteiger partial charge is 0.506 e. The highest BCUT2D eigenvalue weighted by molar-refractivity contribution is 6.13. The van der Waals surface area contributed by atoms with Crippen molar-refractivity contribution >= 4 is 35.0 Å². The number of aliphatic hydroxyl groups excluding tert-OH is 4. The molecule has 0 saturated heterocycles. The van der Waals surface area contributed by atoms with E-state index in [0.717, 1.165) is 7.11 Å². The number of methoxy groups -OCH3 is 1. The standard InChI is InChI=1S/C38H34O14/c1-16-13-21-27(33(45)29-19(40)9-11-23(42)37(29,15-39)51-21)31(43)25(16)26-17(2)14-22-28(32(26)44)34(46)30-20(41)10-12-24(38(30,52-22)36(48)49-3)50-35(47)18-7-5-4-6-8-18/h4-8,13-14,23-24,39,42-46H,9-12,15H2,1-3H3/t23-,24-,37+,38+/m1/s1. The molecule has 14 nitrogen and oxygen atoms in total. The summed E-state index contributed by atoms with van der Waals surface area (Å²) in [5, 5.41) is 68.0. The van der Waals surface area contributed by atoms with Crippen LogP contribution in [-0.2, 0) is 23.9 Å². The van der Waals surface area contributed by atoms with Crippen molar-refractivity contribution in [3.63, 3.8) is 0 Å². The minimum Gasteiger partial charge on any atom is -0.506 e. The number of Topliss-reactive ketones (excluding diaryl/α,β-unsaturated/α-hetero) is 2. The van der Waals surface area contributed by atoms with Crippen molar-refractivity contribution in [2.45, 2.75) is 62.9 Å². The number of ether oxygens (including phenoxy) is 4. The number of benzene rings is 3. The summed E-state index contributed by atoms with van der Waals surface area (Å²) in [5.74, 6) is -6.67. The third kappa shape index (κ3) is 4.63. The zero-order chi connectivity index (χ0) is 37.4. The molecule has 2 aliphatic carbocycles. The van der Waals surface area contributed by atoms with Crippen LogP contribution in [0.5, 0.6) is 23.0 Å². The van der Waals surface area contributed by atoms with Gasteiger partial charge in [0, 0.05) is 24.0 Å². The van der Waals surface area contributed by atoms with Crippen LogP contribution in [0.25, 0.3) is 22.6 Å². The van der Waals surface area contributed by atoms with Crippen molar-refractivity contribution in [2.75, 3.05) is 13.7 Å². The number of rotatable bonds is 5. The Morgan fingerprint density at radius 1 is 0.808 bits per heavy atom. The van der Waals surface area contributed by atoms with Gasteiger partial charge in [0.1, 0.15) is 51.7 Å². The second-order valence-electron chi connectivity index (χ2n) is 13.2. The molecule has 0 spiro atoms. The maximum atomic E-state index is 13.6. The highest BCUT2D eigenvalue weighted by Gasteiger charge is 2.63. The molecule has 0 radical (unpaired) electrons. The summed E-state index contributed by atoms with van der Waals surface area (Å²) in [7, 11) is 1.04. The van der Waals surface area contributed by atoms with Crippen LogP contribution in [0.3, 0.4) is 0 Å². The van der Waals surface area contributed by atoms with Crippen LogP contribution in [0.2, 0.25) is 0 Å². The summed E-state index contributed by atoms with van der Waals surface area (Å²) in [5.41, 5.74) is -5.74. The van der Waals surface area contributed by atoms with Crippen molar-refractivity contribution in [3.05, 3.63) is 81.4 Å². The topological polar surface area (TPSA) is 227 Å². The molecule has 52 heavy (non-hydrogen) atoms. The number of ketones is 2. The summed E-state index contributed by atoms with van der Waals surface area (Å²) >= 11 is 0. The maximum Gasteiger partial charge on any atom is 0.359 e. The minimum absolute atomic E-state index is 0.0339. The highest BCUT2D eigenvalue weighted by Crippen LogP contribution is 2.57. The summed E-state index contributed by atoms with van der Waals surface area (Å²) in [6, 6.07) is 10.6. The molecular weight excluding hydrogens is 680 g/mol. The van der Waals surface area contributed by atoms with Gasteiger partial charge in [0.2, 0.25) is 0 Å². The Morgan fingerprint density at radius 3 is 1.92 bits per heavy atom. The molecule has 14 heteroatoms. The first kappa shape index (κ1) is 34.6. The molecule has 3 aromatic carbocycles. The van der Waals surface area contributed by atoms with Crippen molar-refractivity contribution < 1.29 is 68.8 Å². The molecule has 6 N–H and O–H groups in total. The number of hydrogen-bond acceptors (Lipinski definition) is 14. The predicted molar refractivity (Wildman–Crippen MR) is 180 cm³/mol. The molecule has 2 aliphatic heterocycles. The predicted octanol–water partition coefficient (Wildman–Crippen LogP) is 3.66. The zero-order valence-corrected chi connectivity index (χ0v) is 28.2. The van der Waals surface area contributed by atoms with Gasteiger partial charge in [0.15, 0.2) is 23.3 Å². The smallest absolute Gasteiger partial charge is 0.359 e. The summed E-state index contributed by atoms with van der Waals surface area (Å²) in [6.45, 7) is 2.20. The number of aryl methyl sites for hydroxylation is 2. The number of aromatic hydroxyl groups is 2. The minimum atomic E-state index is -2.46. The Bertz CT molecular complexity index is 2170. The number of carbonyl (C=O) groups excluding carboxylic acids is 4. The molecule has 0 unspecified atom stereocenters. The van der Waals surface area contributed by atoms with Gasteiger partial charge >= 0.3 is 11.9 Å². The lowest BCUT2D eigenvalue weighted by Crippen LogP contribution is -2.62. The number of carbonyl (C=O) groups is 4. The fraction of sp³-hybridized carbons (Fsp3) is 0.316. The van der Waals surface area contributed by atoms with E-state index < -0.39 is 93.2 Å². The molecule has 2 heterocycles. The molecule has 4 atom stereocenters. The van der Waals surface area contributed by atoms with Gasteiger partial charge < -0.3 is 49.6 Å². The first-order chi connectivity index (χ1) is 24.7. The fourth-order valence-electron chi connectivity index (χ4n) is 7.83. The van der Waals surface area contributed by atoms with Crippen molar-refractivity contribution in [1.29, 1.82) is 0 Å². The van der Waals surface area contributed by atoms with Crippen LogP contribution in [0.1, 0.15) is 58.3 Å². The lowest BCUT2D eigenvalue weighted by molar-refractivity contribution is -0.170. The molecule has 7 rings (SSSR count). The van der Waals surface area contributed by atoms with Crippen molar-refractivity contribution in [3.8, 4) is 34.1 Å². The van der Waals surface area contributed by atoms with Gasteiger partial charge in [0.05, 0.1) is 30.4 Å². The van der Waals surface area contributed by atoms with E-state index in [1.165, 1.54) is 38.1 Å². The van der Waals surface area contributed by atoms with E-state index in [0.29, 0.717) is 0 Å². The lowest BCUT2D eigenvalue weighted by atomic mass is 9.73. The normalized spacial score (nSPS) is 24.9. The Labute approximate surface area is 295 Å². The Hall–Kier alpha value is -5.86. The van der Waals surface area contributed by atoms with Gasteiger partial charge in [-0.2, -0.15) is 0 Å². The molecule has 3 aromatic rings. The van der Waals surface area contributed by atoms with Gasteiger partial charge in [-0.25, -0.2) is 9.59 Å². The van der Waals surface area contributed by atoms with Gasteiger partial charge in [0.25, 0.3) is 5.60 Å². The summed E-state index contributed by atoms with van der Waals surface area (Å²) in [4.78, 5) is 53.4.